The number of esters is 1. The van der Waals surface area contributed by atoms with Crippen molar-refractivity contribution in [2.75, 3.05) is 13.7 Å². The van der Waals surface area contributed by atoms with Gasteiger partial charge in [-0.05, 0) is 12.8 Å². The molecule has 0 saturated heterocycles. The Morgan fingerprint density at radius 1 is 1.48 bits per heavy atom. The van der Waals surface area contributed by atoms with E-state index in [1.165, 1.54) is 12.6 Å². The molecule has 0 unspecified atom stereocenters. The largest absolute Gasteiger partial charge is 0.464 e. The highest BCUT2D eigenvalue weighted by atomic mass is 35.5. The van der Waals surface area contributed by atoms with E-state index in [1.54, 1.807) is 0 Å². The lowest BCUT2D eigenvalue weighted by Gasteiger charge is -2.30. The molecule has 0 aromatic carbocycles. The highest BCUT2D eigenvalue weighted by Gasteiger charge is 2.34. The van der Waals surface area contributed by atoms with Gasteiger partial charge in [-0.2, -0.15) is 0 Å². The molecule has 7 nitrogen and oxygen atoms in total. The maximum atomic E-state index is 12.4. The van der Waals surface area contributed by atoms with Crippen molar-refractivity contribution >= 4 is 39.7 Å². The summed E-state index contributed by atoms with van der Waals surface area (Å²) in [6, 6.07) is 0. The summed E-state index contributed by atoms with van der Waals surface area (Å²) in [5.74, 6) is -0.780. The first kappa shape index (κ1) is 20.3. The number of nitrogens with one attached hydrogen (secondary N) is 1. The Balaban J connectivity index is 0.00000400. The predicted molar refractivity (Wildman–Crippen MR) is 83.4 cm³/mol. The number of rotatable bonds is 7. The fraction of sp³-hybridized carbons (Fsp3) is 0.636. The number of halogens is 1. The summed E-state index contributed by atoms with van der Waals surface area (Å²) >= 11 is 0.869. The molecule has 0 spiro atoms. The summed E-state index contributed by atoms with van der Waals surface area (Å²) in [6.45, 7) is 3.88. The number of thiazole rings is 1. The van der Waals surface area contributed by atoms with Gasteiger partial charge in [-0.1, -0.05) is 13.8 Å². The van der Waals surface area contributed by atoms with Crippen molar-refractivity contribution in [3.05, 3.63) is 11.2 Å². The van der Waals surface area contributed by atoms with Gasteiger partial charge in [-0.3, -0.25) is 0 Å². The third-order valence-corrected chi connectivity index (χ3v) is 6.20. The van der Waals surface area contributed by atoms with Crippen molar-refractivity contribution in [3.8, 4) is 0 Å². The summed E-state index contributed by atoms with van der Waals surface area (Å²) in [6.07, 6.45) is 1.09. The van der Waals surface area contributed by atoms with Crippen LogP contribution in [0.3, 0.4) is 0 Å². The van der Waals surface area contributed by atoms with Crippen LogP contribution in [0.25, 0.3) is 0 Å². The highest BCUT2D eigenvalue weighted by Crippen LogP contribution is 2.24. The van der Waals surface area contributed by atoms with Crippen LogP contribution in [0.2, 0.25) is 0 Å². The summed E-state index contributed by atoms with van der Waals surface area (Å²) < 4.78 is 31.8. The highest BCUT2D eigenvalue weighted by molar-refractivity contribution is 7.91. The number of ether oxygens (including phenoxy) is 1. The van der Waals surface area contributed by atoms with Gasteiger partial charge in [0.05, 0.1) is 12.6 Å². The molecule has 1 heterocycles. The molecule has 1 rings (SSSR count). The van der Waals surface area contributed by atoms with Gasteiger partial charge in [0.25, 0.3) is 10.0 Å². The van der Waals surface area contributed by atoms with Gasteiger partial charge in [0.1, 0.15) is 0 Å². The molecule has 0 fully saturated rings. The maximum absolute atomic E-state index is 12.4. The number of nitrogens with two attached hydrogens (primary N) is 1. The van der Waals surface area contributed by atoms with Crippen molar-refractivity contribution < 1.29 is 17.9 Å². The van der Waals surface area contributed by atoms with Crippen LogP contribution in [0.4, 0.5) is 0 Å². The Morgan fingerprint density at radius 3 is 2.48 bits per heavy atom. The van der Waals surface area contributed by atoms with E-state index in [0.717, 1.165) is 11.3 Å². The van der Waals surface area contributed by atoms with Crippen molar-refractivity contribution in [2.45, 2.75) is 36.4 Å². The van der Waals surface area contributed by atoms with E-state index in [9.17, 15) is 13.2 Å². The molecule has 122 valence electrons. The molecule has 0 radical (unpaired) electrons. The van der Waals surface area contributed by atoms with Gasteiger partial charge in [-0.15, -0.1) is 23.7 Å². The first-order chi connectivity index (χ1) is 9.35. The number of carbonyl (C=O) groups is 1. The van der Waals surface area contributed by atoms with Gasteiger partial charge < -0.3 is 10.5 Å². The average molecular weight is 358 g/mol. The smallest absolute Gasteiger partial charge is 0.358 e. The lowest BCUT2D eigenvalue weighted by atomic mass is 9.95. The molecular weight excluding hydrogens is 338 g/mol. The molecule has 0 aliphatic rings. The first-order valence-corrected chi connectivity index (χ1v) is 8.48. The number of aromatic nitrogens is 1. The average Bonchev–Trinajstić information content (AvgIpc) is 2.94. The summed E-state index contributed by atoms with van der Waals surface area (Å²) in [7, 11) is -2.70. The van der Waals surface area contributed by atoms with Crippen LogP contribution in [0, 0.1) is 0 Å². The van der Waals surface area contributed by atoms with Crippen LogP contribution < -0.4 is 10.5 Å². The van der Waals surface area contributed by atoms with E-state index in [0.29, 0.717) is 12.8 Å². The quantitative estimate of drug-likeness (QED) is 0.708. The fourth-order valence-corrected chi connectivity index (χ4v) is 4.40. The van der Waals surface area contributed by atoms with Gasteiger partial charge >= 0.3 is 5.97 Å². The number of hydrogen-bond donors (Lipinski definition) is 2. The van der Waals surface area contributed by atoms with Crippen molar-refractivity contribution in [1.82, 2.24) is 9.71 Å². The maximum Gasteiger partial charge on any atom is 0.358 e. The number of methoxy groups -OCH3 is 1. The minimum Gasteiger partial charge on any atom is -0.464 e. The molecule has 21 heavy (non-hydrogen) atoms. The van der Waals surface area contributed by atoms with Crippen LogP contribution >= 0.6 is 23.7 Å². The summed E-state index contributed by atoms with van der Waals surface area (Å²) in [4.78, 5) is 15.3. The van der Waals surface area contributed by atoms with Crippen LogP contribution in [0.15, 0.2) is 9.72 Å². The zero-order valence-electron chi connectivity index (χ0n) is 12.1. The van der Waals surface area contributed by atoms with Crippen molar-refractivity contribution in [3.63, 3.8) is 0 Å². The molecule has 0 atom stereocenters. The minimum absolute atomic E-state index is 0. The van der Waals surface area contributed by atoms with E-state index in [2.05, 4.69) is 14.4 Å². The molecule has 1 aromatic heterocycles. The number of nitrogens with zero attached hydrogens (tertiary/aromatic N) is 1. The van der Waals surface area contributed by atoms with Crippen molar-refractivity contribution in [1.29, 1.82) is 0 Å². The van der Waals surface area contributed by atoms with Gasteiger partial charge in [0, 0.05) is 12.1 Å². The second-order valence-electron chi connectivity index (χ2n) is 4.28. The van der Waals surface area contributed by atoms with Gasteiger partial charge in [0.2, 0.25) is 0 Å². The van der Waals surface area contributed by atoms with Crippen LogP contribution in [-0.4, -0.2) is 38.6 Å². The molecule has 0 bridgehead atoms. The molecule has 0 aliphatic heterocycles. The second-order valence-corrected chi connectivity index (χ2v) is 7.01. The van der Waals surface area contributed by atoms with Crippen LogP contribution in [0.1, 0.15) is 37.2 Å². The standard InChI is InChI=1S/C11H19N3O4S2.ClH/c1-4-11(5-2,6-12)14-20(16,17)10-8(9(15)18-3)13-7-19-10;/h7,14H,4-6,12H2,1-3H3;1H. The van der Waals surface area contributed by atoms with Crippen LogP contribution in [-0.2, 0) is 14.8 Å². The molecule has 0 amide bonds. The second kappa shape index (κ2) is 8.04. The summed E-state index contributed by atoms with van der Waals surface area (Å²) in [5, 5.41) is 0. The Hall–Kier alpha value is -0.740. The zero-order valence-corrected chi connectivity index (χ0v) is 14.5. The van der Waals surface area contributed by atoms with E-state index in [4.69, 9.17) is 5.73 Å². The lowest BCUT2D eigenvalue weighted by molar-refractivity contribution is 0.0590. The van der Waals surface area contributed by atoms with Crippen LogP contribution in [0.5, 0.6) is 0 Å². The molecular formula is C11H20ClN3O4S2. The SMILES string of the molecule is CCC(CC)(CN)NS(=O)(=O)c1scnc1C(=O)OC.Cl. The molecule has 0 saturated carbocycles. The number of hydrogen-bond acceptors (Lipinski definition) is 7. The molecule has 0 aliphatic carbocycles. The Bertz CT molecular complexity index is 562. The minimum atomic E-state index is -3.87. The molecule has 3 N–H and O–H groups in total. The normalized spacial score (nSPS) is 11.8. The number of carbonyl (C=O) groups excluding carboxylic acids is 1. The number of sulfonamides is 1. The predicted octanol–water partition coefficient (Wildman–Crippen LogP) is 1.15. The third-order valence-electron chi connectivity index (χ3n) is 3.25. The lowest BCUT2D eigenvalue weighted by Crippen LogP contribution is -2.52. The molecule has 1 aromatic rings. The third kappa shape index (κ3) is 4.36. The van der Waals surface area contributed by atoms with E-state index >= 15 is 0 Å². The fourth-order valence-electron chi connectivity index (χ4n) is 1.71. The van der Waals surface area contributed by atoms with E-state index in [1.807, 2.05) is 13.8 Å². The Kier molecular flexibility index (Phi) is 7.76. The molecule has 10 heteroatoms. The summed E-state index contributed by atoms with van der Waals surface area (Å²) in [5.41, 5.74) is 6.05. The zero-order chi connectivity index (χ0) is 15.4. The topological polar surface area (TPSA) is 111 Å². The van der Waals surface area contributed by atoms with Crippen molar-refractivity contribution in [2.24, 2.45) is 5.73 Å². The Labute approximate surface area is 134 Å². The van der Waals surface area contributed by atoms with Gasteiger partial charge in [-0.25, -0.2) is 22.9 Å². The van der Waals surface area contributed by atoms with E-state index in [-0.39, 0.29) is 28.9 Å². The monoisotopic (exact) mass is 357 g/mol. The Morgan fingerprint density at radius 2 is 2.05 bits per heavy atom. The van der Waals surface area contributed by atoms with E-state index < -0.39 is 21.5 Å². The first-order valence-electron chi connectivity index (χ1n) is 6.11. The van der Waals surface area contributed by atoms with Gasteiger partial charge in [0.15, 0.2) is 9.90 Å².